The number of nitrogens with zero attached hydrogens (tertiary/aromatic N) is 4. The van der Waals surface area contributed by atoms with E-state index in [1.54, 1.807) is 6.20 Å². The number of aromatic nitrogens is 4. The maximum Gasteiger partial charge on any atom is 0.226 e. The van der Waals surface area contributed by atoms with Gasteiger partial charge in [-0.15, -0.1) is 0 Å². The SMILES string of the molecule is O=S1(=O)CCCN(c2nc(Cl)nc3[nH]ncc23)CC1. The summed E-state index contributed by atoms with van der Waals surface area (Å²) in [6, 6.07) is 0. The zero-order chi connectivity index (χ0) is 13.5. The summed E-state index contributed by atoms with van der Waals surface area (Å²) in [4.78, 5) is 10.2. The lowest BCUT2D eigenvalue weighted by atomic mass is 10.3. The van der Waals surface area contributed by atoms with E-state index in [9.17, 15) is 8.42 Å². The summed E-state index contributed by atoms with van der Waals surface area (Å²) in [6.45, 7) is 1.04. The molecule has 0 unspecified atom stereocenters. The summed E-state index contributed by atoms with van der Waals surface area (Å²) in [5.74, 6) is 0.992. The number of sulfone groups is 1. The highest BCUT2D eigenvalue weighted by atomic mass is 35.5. The van der Waals surface area contributed by atoms with Gasteiger partial charge < -0.3 is 4.90 Å². The van der Waals surface area contributed by atoms with Crippen molar-refractivity contribution in [2.75, 3.05) is 29.5 Å². The van der Waals surface area contributed by atoms with Gasteiger partial charge in [0.25, 0.3) is 0 Å². The van der Waals surface area contributed by atoms with Gasteiger partial charge in [-0.1, -0.05) is 0 Å². The number of hydrogen-bond donors (Lipinski definition) is 1. The molecule has 9 heteroatoms. The van der Waals surface area contributed by atoms with Crippen molar-refractivity contribution in [1.82, 2.24) is 20.2 Å². The van der Waals surface area contributed by atoms with Crippen LogP contribution >= 0.6 is 11.6 Å². The van der Waals surface area contributed by atoms with Gasteiger partial charge in [0.05, 0.1) is 23.1 Å². The third-order valence-corrected chi connectivity index (χ3v) is 5.00. The van der Waals surface area contributed by atoms with Gasteiger partial charge in [-0.2, -0.15) is 15.1 Å². The van der Waals surface area contributed by atoms with E-state index in [0.717, 1.165) is 5.39 Å². The Kier molecular flexibility index (Phi) is 3.06. The summed E-state index contributed by atoms with van der Waals surface area (Å²) >= 11 is 5.88. The number of rotatable bonds is 1. The number of anilines is 1. The Labute approximate surface area is 114 Å². The predicted octanol–water partition coefficient (Wildman–Crippen LogP) is 0.631. The minimum Gasteiger partial charge on any atom is -0.355 e. The maximum absolute atomic E-state index is 11.6. The van der Waals surface area contributed by atoms with E-state index in [1.807, 2.05) is 4.90 Å². The van der Waals surface area contributed by atoms with Crippen LogP contribution in [0.1, 0.15) is 6.42 Å². The van der Waals surface area contributed by atoms with Crippen LogP contribution in [0.3, 0.4) is 0 Å². The van der Waals surface area contributed by atoms with Gasteiger partial charge in [0.2, 0.25) is 5.28 Å². The molecular formula is C10H12ClN5O2S. The Morgan fingerprint density at radius 2 is 2.11 bits per heavy atom. The van der Waals surface area contributed by atoms with Gasteiger partial charge in [-0.3, -0.25) is 5.10 Å². The molecule has 1 saturated heterocycles. The fourth-order valence-electron chi connectivity index (χ4n) is 2.18. The van der Waals surface area contributed by atoms with Crippen LogP contribution in [0, 0.1) is 0 Å². The van der Waals surface area contributed by atoms with E-state index < -0.39 is 9.84 Å². The molecule has 0 bridgehead atoms. The van der Waals surface area contributed by atoms with Crippen molar-refractivity contribution < 1.29 is 8.42 Å². The number of aromatic amines is 1. The smallest absolute Gasteiger partial charge is 0.226 e. The van der Waals surface area contributed by atoms with Crippen LogP contribution in [-0.4, -0.2) is 53.2 Å². The Morgan fingerprint density at radius 1 is 1.26 bits per heavy atom. The molecule has 0 aromatic carbocycles. The van der Waals surface area contributed by atoms with Crippen molar-refractivity contribution >= 4 is 38.3 Å². The van der Waals surface area contributed by atoms with Crippen molar-refractivity contribution in [3.63, 3.8) is 0 Å². The highest BCUT2D eigenvalue weighted by Crippen LogP contribution is 2.25. The molecule has 1 aliphatic rings. The summed E-state index contributed by atoms with van der Waals surface area (Å²) < 4.78 is 23.2. The summed E-state index contributed by atoms with van der Waals surface area (Å²) in [6.07, 6.45) is 2.21. The highest BCUT2D eigenvalue weighted by molar-refractivity contribution is 7.91. The Bertz CT molecular complexity index is 714. The molecule has 0 aliphatic carbocycles. The first kappa shape index (κ1) is 12.6. The molecule has 0 atom stereocenters. The average Bonchev–Trinajstić information content (AvgIpc) is 2.72. The molecule has 2 aromatic heterocycles. The van der Waals surface area contributed by atoms with Crippen molar-refractivity contribution in [2.45, 2.75) is 6.42 Å². The van der Waals surface area contributed by atoms with Gasteiger partial charge in [0, 0.05) is 13.1 Å². The molecule has 1 aliphatic heterocycles. The molecule has 0 radical (unpaired) electrons. The molecule has 1 N–H and O–H groups in total. The van der Waals surface area contributed by atoms with Crippen LogP contribution in [0.2, 0.25) is 5.28 Å². The van der Waals surface area contributed by atoms with Gasteiger partial charge in [-0.05, 0) is 18.0 Å². The average molecular weight is 302 g/mol. The monoisotopic (exact) mass is 301 g/mol. The van der Waals surface area contributed by atoms with E-state index in [1.165, 1.54) is 0 Å². The van der Waals surface area contributed by atoms with E-state index in [4.69, 9.17) is 11.6 Å². The lowest BCUT2D eigenvalue weighted by Gasteiger charge is -2.21. The first-order chi connectivity index (χ1) is 9.05. The molecule has 0 amide bonds. The van der Waals surface area contributed by atoms with Crippen LogP contribution in [0.5, 0.6) is 0 Å². The second kappa shape index (κ2) is 4.61. The van der Waals surface area contributed by atoms with Crippen LogP contribution in [-0.2, 0) is 9.84 Å². The van der Waals surface area contributed by atoms with Crippen molar-refractivity contribution in [3.8, 4) is 0 Å². The van der Waals surface area contributed by atoms with E-state index in [0.29, 0.717) is 31.0 Å². The number of fused-ring (bicyclic) bond motifs is 1. The third kappa shape index (κ3) is 2.50. The molecule has 19 heavy (non-hydrogen) atoms. The Morgan fingerprint density at radius 3 is 2.95 bits per heavy atom. The van der Waals surface area contributed by atoms with Crippen LogP contribution in [0.25, 0.3) is 11.0 Å². The highest BCUT2D eigenvalue weighted by Gasteiger charge is 2.22. The predicted molar refractivity (Wildman–Crippen MR) is 72.2 cm³/mol. The van der Waals surface area contributed by atoms with E-state index >= 15 is 0 Å². The van der Waals surface area contributed by atoms with Gasteiger partial charge in [0.1, 0.15) is 5.82 Å². The molecule has 3 rings (SSSR count). The molecule has 1 fully saturated rings. The minimum atomic E-state index is -2.95. The number of halogens is 1. The zero-order valence-electron chi connectivity index (χ0n) is 10.0. The van der Waals surface area contributed by atoms with Crippen molar-refractivity contribution in [3.05, 3.63) is 11.5 Å². The first-order valence-electron chi connectivity index (χ1n) is 5.87. The normalized spacial score (nSPS) is 19.5. The van der Waals surface area contributed by atoms with Gasteiger partial charge in [0.15, 0.2) is 15.5 Å². The summed E-state index contributed by atoms with van der Waals surface area (Å²) in [5, 5.41) is 7.54. The largest absolute Gasteiger partial charge is 0.355 e. The summed E-state index contributed by atoms with van der Waals surface area (Å²) in [5.41, 5.74) is 0.558. The fraction of sp³-hybridized carbons (Fsp3) is 0.500. The first-order valence-corrected chi connectivity index (χ1v) is 8.07. The molecule has 102 valence electrons. The molecule has 2 aromatic rings. The Hall–Kier alpha value is -1.41. The van der Waals surface area contributed by atoms with E-state index in [-0.39, 0.29) is 16.8 Å². The maximum atomic E-state index is 11.6. The topological polar surface area (TPSA) is 91.8 Å². The Balaban J connectivity index is 2.02. The fourth-order valence-corrected chi connectivity index (χ4v) is 3.62. The molecular weight excluding hydrogens is 290 g/mol. The molecule has 7 nitrogen and oxygen atoms in total. The standard InChI is InChI=1S/C10H12ClN5O2S/c11-10-13-8-7(6-12-15-8)9(14-10)16-2-1-4-19(17,18)5-3-16/h6H,1-5H2,(H,12,13,14,15). The van der Waals surface area contributed by atoms with Crippen molar-refractivity contribution in [2.24, 2.45) is 0 Å². The number of nitrogens with one attached hydrogen (secondary N) is 1. The van der Waals surface area contributed by atoms with E-state index in [2.05, 4.69) is 20.2 Å². The van der Waals surface area contributed by atoms with Gasteiger partial charge in [-0.25, -0.2) is 8.42 Å². The number of H-pyrrole nitrogens is 1. The second-order valence-electron chi connectivity index (χ2n) is 4.44. The molecule has 3 heterocycles. The molecule has 0 saturated carbocycles. The molecule has 0 spiro atoms. The third-order valence-electron chi connectivity index (χ3n) is 3.12. The summed E-state index contributed by atoms with van der Waals surface area (Å²) in [7, 11) is -2.95. The second-order valence-corrected chi connectivity index (χ2v) is 7.08. The minimum absolute atomic E-state index is 0.124. The van der Waals surface area contributed by atoms with Crippen LogP contribution in [0.15, 0.2) is 6.20 Å². The zero-order valence-corrected chi connectivity index (χ0v) is 11.6. The van der Waals surface area contributed by atoms with Crippen LogP contribution in [0.4, 0.5) is 5.82 Å². The van der Waals surface area contributed by atoms with Crippen molar-refractivity contribution in [1.29, 1.82) is 0 Å². The lowest BCUT2D eigenvalue weighted by Crippen LogP contribution is -2.27. The van der Waals surface area contributed by atoms with Crippen LogP contribution < -0.4 is 4.90 Å². The quantitative estimate of drug-likeness (QED) is 0.777. The van der Waals surface area contributed by atoms with Gasteiger partial charge >= 0.3 is 0 Å². The number of hydrogen-bond acceptors (Lipinski definition) is 6. The lowest BCUT2D eigenvalue weighted by molar-refractivity contribution is 0.597.